The Labute approximate surface area is 109 Å². The molecule has 0 aromatic heterocycles. The Bertz CT molecular complexity index is 454. The third-order valence-electron chi connectivity index (χ3n) is 3.03. The second kappa shape index (κ2) is 6.41. The first kappa shape index (κ1) is 14.5. The number of rotatable bonds is 6. The van der Waals surface area contributed by atoms with Gasteiger partial charge in [-0.05, 0) is 30.4 Å². The van der Waals surface area contributed by atoms with Gasteiger partial charge in [-0.1, -0.05) is 31.2 Å². The van der Waals surface area contributed by atoms with Gasteiger partial charge in [0.15, 0.2) is 0 Å². The molecule has 1 aromatic rings. The molecule has 1 atom stereocenters. The van der Waals surface area contributed by atoms with Gasteiger partial charge in [0.05, 0.1) is 5.75 Å². The molecule has 0 aliphatic heterocycles. The molecule has 0 saturated heterocycles. The van der Waals surface area contributed by atoms with Crippen LogP contribution in [-0.4, -0.2) is 25.8 Å². The Hall–Kier alpha value is -0.540. The molecular formula is C13H19ClO2S. The van der Waals surface area contributed by atoms with E-state index in [-0.39, 0.29) is 17.4 Å². The highest BCUT2D eigenvalue weighted by Gasteiger charge is 2.16. The van der Waals surface area contributed by atoms with Crippen molar-refractivity contribution in [3.8, 4) is 0 Å². The van der Waals surface area contributed by atoms with E-state index < -0.39 is 9.84 Å². The Morgan fingerprint density at radius 2 is 1.94 bits per heavy atom. The maximum atomic E-state index is 11.5. The topological polar surface area (TPSA) is 34.1 Å². The molecule has 2 nitrogen and oxygen atoms in total. The Morgan fingerprint density at radius 1 is 1.29 bits per heavy atom. The van der Waals surface area contributed by atoms with Crippen molar-refractivity contribution >= 4 is 21.4 Å². The second-order valence-corrected chi connectivity index (χ2v) is 7.01. The normalized spacial score (nSPS) is 13.6. The van der Waals surface area contributed by atoms with Crippen molar-refractivity contribution in [3.05, 3.63) is 35.4 Å². The number of hydrogen-bond acceptors (Lipinski definition) is 2. The van der Waals surface area contributed by atoms with Gasteiger partial charge >= 0.3 is 0 Å². The third-order valence-corrected chi connectivity index (χ3v) is 5.14. The minimum absolute atomic E-state index is 0.124. The summed E-state index contributed by atoms with van der Waals surface area (Å²) >= 11 is 5.95. The van der Waals surface area contributed by atoms with Crippen LogP contribution in [-0.2, 0) is 9.84 Å². The SMILES string of the molecule is CCS(=O)(=O)CCC(CCl)c1ccccc1C. The van der Waals surface area contributed by atoms with Crippen molar-refractivity contribution in [1.29, 1.82) is 0 Å². The predicted molar refractivity (Wildman–Crippen MR) is 73.6 cm³/mol. The van der Waals surface area contributed by atoms with Gasteiger partial charge in [-0.2, -0.15) is 0 Å². The zero-order valence-corrected chi connectivity index (χ0v) is 11.9. The van der Waals surface area contributed by atoms with E-state index in [2.05, 4.69) is 0 Å². The minimum Gasteiger partial charge on any atom is -0.229 e. The molecule has 0 heterocycles. The summed E-state index contributed by atoms with van der Waals surface area (Å²) in [6.07, 6.45) is 0.602. The van der Waals surface area contributed by atoms with Gasteiger partial charge in [-0.3, -0.25) is 0 Å². The van der Waals surface area contributed by atoms with Crippen molar-refractivity contribution in [1.82, 2.24) is 0 Å². The molecule has 0 amide bonds. The van der Waals surface area contributed by atoms with Crippen molar-refractivity contribution in [2.75, 3.05) is 17.4 Å². The van der Waals surface area contributed by atoms with Gasteiger partial charge in [-0.25, -0.2) is 8.42 Å². The third kappa shape index (κ3) is 4.32. The highest BCUT2D eigenvalue weighted by Crippen LogP contribution is 2.24. The summed E-state index contributed by atoms with van der Waals surface area (Å²) in [5.41, 5.74) is 2.33. The minimum atomic E-state index is -2.90. The Kier molecular flexibility index (Phi) is 5.47. The van der Waals surface area contributed by atoms with Gasteiger partial charge in [0, 0.05) is 11.6 Å². The highest BCUT2D eigenvalue weighted by atomic mass is 35.5. The van der Waals surface area contributed by atoms with E-state index >= 15 is 0 Å². The van der Waals surface area contributed by atoms with Crippen molar-refractivity contribution in [2.24, 2.45) is 0 Å². The molecule has 0 saturated carbocycles. The Balaban J connectivity index is 2.77. The largest absolute Gasteiger partial charge is 0.229 e. The molecule has 1 unspecified atom stereocenters. The van der Waals surface area contributed by atoms with Gasteiger partial charge < -0.3 is 0 Å². The Morgan fingerprint density at radius 3 is 2.47 bits per heavy atom. The van der Waals surface area contributed by atoms with Gasteiger partial charge in [0.2, 0.25) is 0 Å². The summed E-state index contributed by atoms with van der Waals surface area (Å²) in [5.74, 6) is 1.01. The smallest absolute Gasteiger partial charge is 0.150 e. The lowest BCUT2D eigenvalue weighted by atomic mass is 9.94. The standard InChI is InChI=1S/C13H19ClO2S/c1-3-17(15,16)9-8-12(10-14)13-7-5-4-6-11(13)2/h4-7,12H,3,8-10H2,1-2H3. The number of aryl methyl sites for hydroxylation is 1. The molecule has 1 rings (SSSR count). The fraction of sp³-hybridized carbons (Fsp3) is 0.538. The van der Waals surface area contributed by atoms with E-state index in [1.807, 2.05) is 31.2 Å². The fourth-order valence-electron chi connectivity index (χ4n) is 1.83. The molecule has 4 heteroatoms. The van der Waals surface area contributed by atoms with Crippen molar-refractivity contribution in [3.63, 3.8) is 0 Å². The van der Waals surface area contributed by atoms with Crippen LogP contribution < -0.4 is 0 Å². The van der Waals surface area contributed by atoms with Crippen LogP contribution in [0, 0.1) is 6.92 Å². The van der Waals surface area contributed by atoms with E-state index in [1.165, 1.54) is 5.56 Å². The molecule has 0 N–H and O–H groups in total. The van der Waals surface area contributed by atoms with Gasteiger partial charge in [0.25, 0.3) is 0 Å². The van der Waals surface area contributed by atoms with Crippen LogP contribution in [0.5, 0.6) is 0 Å². The van der Waals surface area contributed by atoms with Crippen LogP contribution in [0.2, 0.25) is 0 Å². The molecule has 0 fully saturated rings. The zero-order chi connectivity index (χ0) is 12.9. The van der Waals surface area contributed by atoms with Crippen LogP contribution in [0.4, 0.5) is 0 Å². The average molecular weight is 275 g/mol. The lowest BCUT2D eigenvalue weighted by Gasteiger charge is -2.16. The maximum absolute atomic E-state index is 11.5. The number of hydrogen-bond donors (Lipinski definition) is 0. The van der Waals surface area contributed by atoms with E-state index in [9.17, 15) is 8.42 Å². The first-order valence-corrected chi connectivity index (χ1v) is 8.17. The second-order valence-electron chi connectivity index (χ2n) is 4.23. The molecule has 96 valence electrons. The summed E-state index contributed by atoms with van der Waals surface area (Å²) in [4.78, 5) is 0. The number of sulfone groups is 1. The molecule has 0 aliphatic carbocycles. The van der Waals surface area contributed by atoms with E-state index in [0.29, 0.717) is 12.3 Å². The maximum Gasteiger partial charge on any atom is 0.150 e. The lowest BCUT2D eigenvalue weighted by Crippen LogP contribution is -2.13. The van der Waals surface area contributed by atoms with Crippen LogP contribution in [0.25, 0.3) is 0 Å². The molecule has 0 radical (unpaired) electrons. The number of halogens is 1. The molecule has 0 spiro atoms. The first-order chi connectivity index (χ1) is 8.00. The summed E-state index contributed by atoms with van der Waals surface area (Å²) in [6, 6.07) is 8.01. The van der Waals surface area contributed by atoms with E-state index in [0.717, 1.165) is 5.56 Å². The summed E-state index contributed by atoms with van der Waals surface area (Å²) < 4.78 is 23.0. The number of benzene rings is 1. The molecule has 17 heavy (non-hydrogen) atoms. The van der Waals surface area contributed by atoms with E-state index in [1.54, 1.807) is 6.92 Å². The number of alkyl halides is 1. The van der Waals surface area contributed by atoms with Crippen molar-refractivity contribution in [2.45, 2.75) is 26.2 Å². The molecule has 0 aliphatic rings. The van der Waals surface area contributed by atoms with Gasteiger partial charge in [0.1, 0.15) is 9.84 Å². The van der Waals surface area contributed by atoms with Crippen LogP contribution in [0.1, 0.15) is 30.4 Å². The van der Waals surface area contributed by atoms with Gasteiger partial charge in [-0.15, -0.1) is 11.6 Å². The van der Waals surface area contributed by atoms with Crippen LogP contribution >= 0.6 is 11.6 Å². The lowest BCUT2D eigenvalue weighted by molar-refractivity contribution is 0.589. The van der Waals surface area contributed by atoms with E-state index in [4.69, 9.17) is 11.6 Å². The quantitative estimate of drug-likeness (QED) is 0.747. The summed E-state index contributed by atoms with van der Waals surface area (Å²) in [5, 5.41) is 0. The monoisotopic (exact) mass is 274 g/mol. The van der Waals surface area contributed by atoms with Crippen LogP contribution in [0.15, 0.2) is 24.3 Å². The fourth-order valence-corrected chi connectivity index (χ4v) is 3.08. The van der Waals surface area contributed by atoms with Crippen molar-refractivity contribution < 1.29 is 8.42 Å². The first-order valence-electron chi connectivity index (χ1n) is 5.82. The van der Waals surface area contributed by atoms with Crippen LogP contribution in [0.3, 0.4) is 0 Å². The summed E-state index contributed by atoms with van der Waals surface area (Å²) in [6.45, 7) is 3.71. The molecular weight excluding hydrogens is 256 g/mol. The molecule has 1 aromatic carbocycles. The summed E-state index contributed by atoms with van der Waals surface area (Å²) in [7, 11) is -2.90. The zero-order valence-electron chi connectivity index (χ0n) is 10.3. The highest BCUT2D eigenvalue weighted by molar-refractivity contribution is 7.91. The molecule has 0 bridgehead atoms. The predicted octanol–water partition coefficient (Wildman–Crippen LogP) is 3.14. The average Bonchev–Trinajstić information content (AvgIpc) is 2.32.